The molecule has 1 N–H and O–H groups in total. The molecule has 1 nitrogen and oxygen atoms in total. The second kappa shape index (κ2) is 5.55. The molecular formula is C13H9Cl2F2N. The summed E-state index contributed by atoms with van der Waals surface area (Å²) in [6, 6.07) is 8.21. The van der Waals surface area contributed by atoms with Crippen molar-refractivity contribution in [3.05, 3.63) is 63.6 Å². The Bertz CT molecular complexity index is 553. The average molecular weight is 288 g/mol. The van der Waals surface area contributed by atoms with E-state index >= 15 is 0 Å². The minimum atomic E-state index is -0.412. The Hall–Kier alpha value is -1.32. The molecular weight excluding hydrogens is 279 g/mol. The number of nitrogens with one attached hydrogen (secondary N) is 1. The zero-order chi connectivity index (χ0) is 13.1. The summed E-state index contributed by atoms with van der Waals surface area (Å²) >= 11 is 11.6. The third kappa shape index (κ3) is 3.34. The van der Waals surface area contributed by atoms with Gasteiger partial charge in [-0.05, 0) is 42.0 Å². The van der Waals surface area contributed by atoms with Crippen molar-refractivity contribution in [3.8, 4) is 0 Å². The summed E-state index contributed by atoms with van der Waals surface area (Å²) in [5, 5.41) is 3.65. The van der Waals surface area contributed by atoms with E-state index in [0.29, 0.717) is 27.8 Å². The topological polar surface area (TPSA) is 12.0 Å². The monoisotopic (exact) mass is 287 g/mol. The van der Waals surface area contributed by atoms with Gasteiger partial charge in [-0.1, -0.05) is 23.2 Å². The molecule has 0 atom stereocenters. The highest BCUT2D eigenvalue weighted by molar-refractivity contribution is 6.33. The number of anilines is 1. The van der Waals surface area contributed by atoms with Gasteiger partial charge in [-0.2, -0.15) is 0 Å². The Balaban J connectivity index is 2.13. The Morgan fingerprint density at radius 2 is 1.72 bits per heavy atom. The number of benzene rings is 2. The maximum Gasteiger partial charge on any atom is 0.125 e. The fraction of sp³-hybridized carbons (Fsp3) is 0.0769. The van der Waals surface area contributed by atoms with E-state index in [0.717, 1.165) is 0 Å². The lowest BCUT2D eigenvalue weighted by atomic mass is 10.2. The molecule has 0 saturated heterocycles. The second-order valence-corrected chi connectivity index (χ2v) is 4.60. The van der Waals surface area contributed by atoms with Gasteiger partial charge in [0, 0.05) is 11.6 Å². The standard InChI is InChI=1S/C13H9Cl2F2N/c14-9-3-8(4-11(17)5-9)7-18-13-6-10(16)1-2-12(13)15/h1-6,18H,7H2. The third-order valence-corrected chi connectivity index (χ3v) is 2.88. The van der Waals surface area contributed by atoms with E-state index in [2.05, 4.69) is 5.32 Å². The zero-order valence-electron chi connectivity index (χ0n) is 9.18. The minimum absolute atomic E-state index is 0.306. The van der Waals surface area contributed by atoms with Crippen LogP contribution in [-0.4, -0.2) is 0 Å². The fourth-order valence-electron chi connectivity index (χ4n) is 1.54. The first-order valence-corrected chi connectivity index (χ1v) is 5.94. The molecule has 0 unspecified atom stereocenters. The van der Waals surface area contributed by atoms with E-state index in [9.17, 15) is 8.78 Å². The van der Waals surface area contributed by atoms with Crippen LogP contribution in [0.4, 0.5) is 14.5 Å². The van der Waals surface area contributed by atoms with Crippen LogP contribution < -0.4 is 5.32 Å². The summed E-state index contributed by atoms with van der Waals surface area (Å²) in [6.07, 6.45) is 0. The molecule has 0 saturated carbocycles. The van der Waals surface area contributed by atoms with Gasteiger partial charge in [0.05, 0.1) is 10.7 Å². The fourth-order valence-corrected chi connectivity index (χ4v) is 1.97. The van der Waals surface area contributed by atoms with E-state index in [4.69, 9.17) is 23.2 Å². The Kier molecular flexibility index (Phi) is 4.04. The molecule has 5 heteroatoms. The van der Waals surface area contributed by atoms with Crippen LogP contribution in [0.2, 0.25) is 10.0 Å². The lowest BCUT2D eigenvalue weighted by Crippen LogP contribution is -2.01. The predicted molar refractivity (Wildman–Crippen MR) is 70.1 cm³/mol. The van der Waals surface area contributed by atoms with E-state index in [1.807, 2.05) is 0 Å². The van der Waals surface area contributed by atoms with Crippen molar-refractivity contribution in [2.24, 2.45) is 0 Å². The quantitative estimate of drug-likeness (QED) is 0.848. The van der Waals surface area contributed by atoms with Crippen molar-refractivity contribution >= 4 is 28.9 Å². The molecule has 0 aromatic heterocycles. The van der Waals surface area contributed by atoms with Gasteiger partial charge in [0.2, 0.25) is 0 Å². The van der Waals surface area contributed by atoms with Crippen LogP contribution in [0.3, 0.4) is 0 Å². The normalized spacial score (nSPS) is 10.4. The van der Waals surface area contributed by atoms with Gasteiger partial charge in [-0.3, -0.25) is 0 Å². The molecule has 0 amide bonds. The average Bonchev–Trinajstić information content (AvgIpc) is 2.29. The van der Waals surface area contributed by atoms with E-state index in [1.165, 1.54) is 30.3 Å². The predicted octanol–water partition coefficient (Wildman–Crippen LogP) is 4.88. The summed E-state index contributed by atoms with van der Waals surface area (Å²) in [6.45, 7) is 0.306. The Morgan fingerprint density at radius 3 is 2.44 bits per heavy atom. The molecule has 0 fully saturated rings. The molecule has 0 bridgehead atoms. The molecule has 2 aromatic carbocycles. The molecule has 0 heterocycles. The van der Waals surface area contributed by atoms with Gasteiger partial charge in [0.15, 0.2) is 0 Å². The highest BCUT2D eigenvalue weighted by atomic mass is 35.5. The van der Waals surface area contributed by atoms with E-state index < -0.39 is 5.82 Å². The first-order valence-electron chi connectivity index (χ1n) is 5.18. The second-order valence-electron chi connectivity index (χ2n) is 3.76. The van der Waals surface area contributed by atoms with Crippen LogP contribution in [0, 0.1) is 11.6 Å². The van der Waals surface area contributed by atoms with E-state index in [1.54, 1.807) is 6.07 Å². The van der Waals surface area contributed by atoms with Crippen LogP contribution in [-0.2, 0) is 6.54 Å². The first kappa shape index (κ1) is 13.1. The van der Waals surface area contributed by atoms with Gasteiger partial charge >= 0.3 is 0 Å². The first-order chi connectivity index (χ1) is 8.54. The lowest BCUT2D eigenvalue weighted by Gasteiger charge is -2.09. The number of rotatable bonds is 3. The largest absolute Gasteiger partial charge is 0.380 e. The van der Waals surface area contributed by atoms with Crippen molar-refractivity contribution in [2.75, 3.05) is 5.32 Å². The Morgan fingerprint density at radius 1 is 0.944 bits per heavy atom. The SMILES string of the molecule is Fc1cc(Cl)cc(CNc2cc(F)ccc2Cl)c1. The number of hydrogen-bond acceptors (Lipinski definition) is 1. The minimum Gasteiger partial charge on any atom is -0.380 e. The summed E-state index contributed by atoms with van der Waals surface area (Å²) in [5.41, 5.74) is 1.11. The third-order valence-electron chi connectivity index (χ3n) is 2.33. The van der Waals surface area contributed by atoms with Crippen molar-refractivity contribution in [1.29, 1.82) is 0 Å². The molecule has 2 rings (SSSR count). The van der Waals surface area contributed by atoms with Crippen molar-refractivity contribution in [1.82, 2.24) is 0 Å². The smallest absolute Gasteiger partial charge is 0.125 e. The molecule has 18 heavy (non-hydrogen) atoms. The highest BCUT2D eigenvalue weighted by Crippen LogP contribution is 2.23. The Labute approximate surface area is 113 Å². The summed E-state index contributed by atoms with van der Waals surface area (Å²) < 4.78 is 26.1. The molecule has 0 radical (unpaired) electrons. The molecule has 0 spiro atoms. The van der Waals surface area contributed by atoms with Crippen molar-refractivity contribution < 1.29 is 8.78 Å². The number of hydrogen-bond donors (Lipinski definition) is 1. The maximum absolute atomic E-state index is 13.1. The van der Waals surface area contributed by atoms with Crippen LogP contribution in [0.5, 0.6) is 0 Å². The van der Waals surface area contributed by atoms with Gasteiger partial charge in [0.25, 0.3) is 0 Å². The molecule has 94 valence electrons. The van der Waals surface area contributed by atoms with Crippen molar-refractivity contribution in [3.63, 3.8) is 0 Å². The van der Waals surface area contributed by atoms with Gasteiger partial charge in [0.1, 0.15) is 11.6 Å². The summed E-state index contributed by atoms with van der Waals surface area (Å²) in [7, 11) is 0. The van der Waals surface area contributed by atoms with Gasteiger partial charge in [-0.15, -0.1) is 0 Å². The molecule has 2 aromatic rings. The lowest BCUT2D eigenvalue weighted by molar-refractivity contribution is 0.625. The molecule has 0 aliphatic carbocycles. The van der Waals surface area contributed by atoms with Crippen LogP contribution in [0.1, 0.15) is 5.56 Å². The zero-order valence-corrected chi connectivity index (χ0v) is 10.7. The highest BCUT2D eigenvalue weighted by Gasteiger charge is 2.03. The maximum atomic E-state index is 13.1. The van der Waals surface area contributed by atoms with Gasteiger partial charge < -0.3 is 5.32 Å². The van der Waals surface area contributed by atoms with Crippen LogP contribution >= 0.6 is 23.2 Å². The number of halogens is 4. The van der Waals surface area contributed by atoms with Crippen LogP contribution in [0.15, 0.2) is 36.4 Å². The molecule has 0 aliphatic heterocycles. The molecule has 0 aliphatic rings. The van der Waals surface area contributed by atoms with Crippen LogP contribution in [0.25, 0.3) is 0 Å². The summed E-state index contributed by atoms with van der Waals surface area (Å²) in [5.74, 6) is -0.802. The van der Waals surface area contributed by atoms with Gasteiger partial charge in [-0.25, -0.2) is 8.78 Å². The summed E-state index contributed by atoms with van der Waals surface area (Å²) in [4.78, 5) is 0. The van der Waals surface area contributed by atoms with E-state index in [-0.39, 0.29) is 5.82 Å². The van der Waals surface area contributed by atoms with Crippen molar-refractivity contribution in [2.45, 2.75) is 6.54 Å².